The van der Waals surface area contributed by atoms with Gasteiger partial charge in [0.05, 0.1) is 5.92 Å². The van der Waals surface area contributed by atoms with E-state index in [2.05, 4.69) is 5.32 Å². The molecule has 104 valence electrons. The van der Waals surface area contributed by atoms with Gasteiger partial charge in [-0.05, 0) is 18.1 Å². The van der Waals surface area contributed by atoms with Crippen molar-refractivity contribution in [2.45, 2.75) is 13.8 Å². The minimum atomic E-state index is -1.22. The molecule has 19 heavy (non-hydrogen) atoms. The van der Waals surface area contributed by atoms with E-state index in [9.17, 15) is 14.7 Å². The summed E-state index contributed by atoms with van der Waals surface area (Å²) >= 11 is 0. The molecule has 0 aliphatic rings. The third-order valence-corrected chi connectivity index (χ3v) is 2.89. The SMILES string of the molecule is CC(C)C(CN)C(=O)Nc1ccc(C(=O)O)c(O)c1. The number of hydrogen-bond donors (Lipinski definition) is 4. The molecular weight excluding hydrogens is 248 g/mol. The van der Waals surface area contributed by atoms with E-state index in [1.54, 1.807) is 0 Å². The van der Waals surface area contributed by atoms with Crippen LogP contribution in [-0.2, 0) is 4.79 Å². The van der Waals surface area contributed by atoms with Crippen LogP contribution in [0.15, 0.2) is 18.2 Å². The Morgan fingerprint density at radius 3 is 2.42 bits per heavy atom. The van der Waals surface area contributed by atoms with Crippen molar-refractivity contribution in [1.29, 1.82) is 0 Å². The first-order valence-electron chi connectivity index (χ1n) is 5.94. The number of nitrogens with two attached hydrogens (primary N) is 1. The van der Waals surface area contributed by atoms with Crippen molar-refractivity contribution in [2.24, 2.45) is 17.6 Å². The Balaban J connectivity index is 2.86. The summed E-state index contributed by atoms with van der Waals surface area (Å²) in [4.78, 5) is 22.7. The van der Waals surface area contributed by atoms with Gasteiger partial charge >= 0.3 is 5.97 Å². The van der Waals surface area contributed by atoms with Crippen LogP contribution >= 0.6 is 0 Å². The fourth-order valence-electron chi connectivity index (χ4n) is 1.71. The minimum Gasteiger partial charge on any atom is -0.507 e. The van der Waals surface area contributed by atoms with E-state index in [1.807, 2.05) is 13.8 Å². The van der Waals surface area contributed by atoms with Gasteiger partial charge in [0.2, 0.25) is 5.91 Å². The smallest absolute Gasteiger partial charge is 0.339 e. The first-order chi connectivity index (χ1) is 8.86. The second-order valence-electron chi connectivity index (χ2n) is 4.61. The number of hydrogen-bond acceptors (Lipinski definition) is 4. The van der Waals surface area contributed by atoms with Crippen LogP contribution < -0.4 is 11.1 Å². The molecule has 0 fully saturated rings. The van der Waals surface area contributed by atoms with Gasteiger partial charge in [-0.25, -0.2) is 4.79 Å². The standard InChI is InChI=1S/C13H18N2O4/c1-7(2)10(6-14)12(17)15-8-3-4-9(13(18)19)11(16)5-8/h3-5,7,10,16H,6,14H2,1-2H3,(H,15,17)(H,18,19). The van der Waals surface area contributed by atoms with Gasteiger partial charge in [-0.3, -0.25) is 4.79 Å². The first kappa shape index (κ1) is 15.0. The first-order valence-corrected chi connectivity index (χ1v) is 5.94. The van der Waals surface area contributed by atoms with Gasteiger partial charge in [0, 0.05) is 18.3 Å². The van der Waals surface area contributed by atoms with Crippen molar-refractivity contribution in [3.05, 3.63) is 23.8 Å². The van der Waals surface area contributed by atoms with Crippen molar-refractivity contribution in [2.75, 3.05) is 11.9 Å². The molecule has 6 heteroatoms. The van der Waals surface area contributed by atoms with Crippen LogP contribution in [0.25, 0.3) is 0 Å². The molecule has 0 radical (unpaired) electrons. The Bertz CT molecular complexity index is 486. The summed E-state index contributed by atoms with van der Waals surface area (Å²) < 4.78 is 0. The van der Waals surface area contributed by atoms with Crippen molar-refractivity contribution in [3.8, 4) is 5.75 Å². The van der Waals surface area contributed by atoms with E-state index in [0.717, 1.165) is 0 Å². The largest absolute Gasteiger partial charge is 0.507 e. The van der Waals surface area contributed by atoms with Crippen molar-refractivity contribution >= 4 is 17.6 Å². The summed E-state index contributed by atoms with van der Waals surface area (Å²) in [7, 11) is 0. The summed E-state index contributed by atoms with van der Waals surface area (Å²) in [5.74, 6) is -2.10. The highest BCUT2D eigenvalue weighted by Crippen LogP contribution is 2.23. The predicted molar refractivity (Wildman–Crippen MR) is 71.1 cm³/mol. The number of carbonyl (C=O) groups excluding carboxylic acids is 1. The fraction of sp³-hybridized carbons (Fsp3) is 0.385. The number of carbonyl (C=O) groups is 2. The number of carboxylic acids is 1. The zero-order valence-electron chi connectivity index (χ0n) is 10.9. The van der Waals surface area contributed by atoms with Gasteiger partial charge in [0.1, 0.15) is 11.3 Å². The lowest BCUT2D eigenvalue weighted by atomic mass is 9.95. The van der Waals surface area contributed by atoms with Crippen LogP contribution in [0, 0.1) is 11.8 Å². The second kappa shape index (κ2) is 6.19. The maximum Gasteiger partial charge on any atom is 0.339 e. The summed E-state index contributed by atoms with van der Waals surface area (Å²) in [5.41, 5.74) is 5.66. The molecule has 5 N–H and O–H groups in total. The van der Waals surface area contributed by atoms with Crippen LogP contribution in [0.3, 0.4) is 0 Å². The van der Waals surface area contributed by atoms with E-state index in [0.29, 0.717) is 5.69 Å². The third-order valence-electron chi connectivity index (χ3n) is 2.89. The molecule has 0 saturated heterocycles. The average Bonchev–Trinajstić information content (AvgIpc) is 2.28. The lowest BCUT2D eigenvalue weighted by Crippen LogP contribution is -2.33. The van der Waals surface area contributed by atoms with Gasteiger partial charge in [0.25, 0.3) is 0 Å². The molecule has 1 rings (SSSR count). The predicted octanol–water partition coefficient (Wildman–Crippen LogP) is 1.26. The molecule has 1 unspecified atom stereocenters. The zero-order valence-corrected chi connectivity index (χ0v) is 10.9. The molecule has 1 atom stereocenters. The maximum atomic E-state index is 11.9. The number of phenols is 1. The highest BCUT2D eigenvalue weighted by Gasteiger charge is 2.21. The minimum absolute atomic E-state index is 0.0943. The van der Waals surface area contributed by atoms with Crippen LogP contribution in [0.5, 0.6) is 5.75 Å². The summed E-state index contributed by atoms with van der Waals surface area (Å²) in [5, 5.41) is 20.9. The van der Waals surface area contributed by atoms with E-state index in [-0.39, 0.29) is 35.6 Å². The van der Waals surface area contributed by atoms with Crippen LogP contribution in [-0.4, -0.2) is 28.6 Å². The van der Waals surface area contributed by atoms with Gasteiger partial charge in [-0.1, -0.05) is 13.8 Å². The normalized spacial score (nSPS) is 12.2. The molecule has 1 aromatic rings. The number of amides is 1. The Labute approximate surface area is 111 Å². The summed E-state index contributed by atoms with van der Waals surface area (Å²) in [6.45, 7) is 4.01. The highest BCUT2D eigenvalue weighted by atomic mass is 16.4. The molecule has 0 aliphatic heterocycles. The molecule has 0 spiro atoms. The fourth-order valence-corrected chi connectivity index (χ4v) is 1.71. The monoisotopic (exact) mass is 266 g/mol. The van der Waals surface area contributed by atoms with Crippen molar-refractivity contribution < 1.29 is 19.8 Å². The molecule has 0 saturated carbocycles. The lowest BCUT2D eigenvalue weighted by Gasteiger charge is -2.18. The van der Waals surface area contributed by atoms with Crippen LogP contribution in [0.1, 0.15) is 24.2 Å². The third kappa shape index (κ3) is 3.69. The number of aromatic carboxylic acids is 1. The topological polar surface area (TPSA) is 113 Å². The van der Waals surface area contributed by atoms with Gasteiger partial charge < -0.3 is 21.3 Å². The Morgan fingerprint density at radius 2 is 2.00 bits per heavy atom. The van der Waals surface area contributed by atoms with Gasteiger partial charge in [0.15, 0.2) is 0 Å². The molecule has 0 heterocycles. The van der Waals surface area contributed by atoms with E-state index in [4.69, 9.17) is 10.8 Å². The van der Waals surface area contributed by atoms with E-state index < -0.39 is 5.97 Å². The summed E-state index contributed by atoms with van der Waals surface area (Å²) in [6.07, 6.45) is 0. The Kier molecular flexibility index (Phi) is 4.88. The van der Waals surface area contributed by atoms with Crippen molar-refractivity contribution in [3.63, 3.8) is 0 Å². The zero-order chi connectivity index (χ0) is 14.6. The van der Waals surface area contributed by atoms with E-state index >= 15 is 0 Å². The van der Waals surface area contributed by atoms with Crippen LogP contribution in [0.2, 0.25) is 0 Å². The Hall–Kier alpha value is -2.08. The van der Waals surface area contributed by atoms with E-state index in [1.165, 1.54) is 18.2 Å². The quantitative estimate of drug-likeness (QED) is 0.641. The molecule has 1 amide bonds. The Morgan fingerprint density at radius 1 is 1.37 bits per heavy atom. The second-order valence-corrected chi connectivity index (χ2v) is 4.61. The number of anilines is 1. The number of aromatic hydroxyl groups is 1. The molecule has 1 aromatic carbocycles. The highest BCUT2D eigenvalue weighted by molar-refractivity contribution is 5.95. The lowest BCUT2D eigenvalue weighted by molar-refractivity contribution is -0.120. The van der Waals surface area contributed by atoms with Gasteiger partial charge in [-0.2, -0.15) is 0 Å². The molecule has 0 bridgehead atoms. The number of rotatable bonds is 5. The molecule has 6 nitrogen and oxygen atoms in total. The van der Waals surface area contributed by atoms with Crippen LogP contribution in [0.4, 0.5) is 5.69 Å². The molecular formula is C13H18N2O4. The maximum absolute atomic E-state index is 11.9. The average molecular weight is 266 g/mol. The molecule has 0 aromatic heterocycles. The van der Waals surface area contributed by atoms with Crippen molar-refractivity contribution in [1.82, 2.24) is 0 Å². The number of carboxylic acid groups (broad SMARTS) is 1. The number of nitrogens with one attached hydrogen (secondary N) is 1. The van der Waals surface area contributed by atoms with Gasteiger partial charge in [-0.15, -0.1) is 0 Å². The number of benzene rings is 1. The summed E-state index contributed by atoms with van der Waals surface area (Å²) in [6, 6.07) is 3.87. The molecule has 0 aliphatic carbocycles.